The second-order valence-electron chi connectivity index (χ2n) is 7.42. The van der Waals surface area contributed by atoms with Crippen LogP contribution >= 0.6 is 0 Å². The van der Waals surface area contributed by atoms with Crippen molar-refractivity contribution in [3.63, 3.8) is 0 Å². The SMILES string of the molecule is C=C(C)C[C@@H](N=C(c1ccccc1)c1ccccc1)C(=O)OC(C)(C)C. The van der Waals surface area contributed by atoms with Crippen molar-refractivity contribution in [3.8, 4) is 0 Å². The highest BCUT2D eigenvalue weighted by Crippen LogP contribution is 2.18. The molecule has 0 unspecified atom stereocenters. The Balaban J connectivity index is 2.49. The van der Waals surface area contributed by atoms with Crippen LogP contribution in [0, 0.1) is 0 Å². The molecule has 2 rings (SSSR count). The third kappa shape index (κ3) is 5.99. The topological polar surface area (TPSA) is 38.7 Å². The van der Waals surface area contributed by atoms with E-state index in [-0.39, 0.29) is 5.97 Å². The Morgan fingerprint density at radius 2 is 1.46 bits per heavy atom. The van der Waals surface area contributed by atoms with E-state index in [1.807, 2.05) is 88.4 Å². The molecule has 0 aliphatic carbocycles. The first-order chi connectivity index (χ1) is 12.3. The molecular weight excluding hydrogens is 322 g/mol. The molecule has 3 nitrogen and oxygen atoms in total. The molecular formula is C23H27NO2. The van der Waals surface area contributed by atoms with Crippen LogP contribution in [-0.4, -0.2) is 23.3 Å². The Morgan fingerprint density at radius 1 is 1.00 bits per heavy atom. The number of ether oxygens (including phenoxy) is 1. The van der Waals surface area contributed by atoms with Gasteiger partial charge in [0.25, 0.3) is 0 Å². The van der Waals surface area contributed by atoms with Crippen LogP contribution in [-0.2, 0) is 9.53 Å². The number of aliphatic imine (C=N–C) groups is 1. The Morgan fingerprint density at radius 3 is 1.85 bits per heavy atom. The largest absolute Gasteiger partial charge is 0.458 e. The zero-order chi connectivity index (χ0) is 19.2. The van der Waals surface area contributed by atoms with Crippen LogP contribution in [0.3, 0.4) is 0 Å². The summed E-state index contributed by atoms with van der Waals surface area (Å²) in [5.41, 5.74) is 3.05. The quantitative estimate of drug-likeness (QED) is 0.408. The van der Waals surface area contributed by atoms with Gasteiger partial charge in [0.05, 0.1) is 5.71 Å². The van der Waals surface area contributed by atoms with E-state index >= 15 is 0 Å². The fraction of sp³-hybridized carbons (Fsp3) is 0.304. The highest BCUT2D eigenvalue weighted by molar-refractivity contribution is 6.13. The number of nitrogens with zero attached hydrogens (tertiary/aromatic N) is 1. The minimum Gasteiger partial charge on any atom is -0.458 e. The molecule has 0 saturated heterocycles. The summed E-state index contributed by atoms with van der Waals surface area (Å²) in [5.74, 6) is -0.329. The molecule has 136 valence electrons. The molecule has 0 aromatic heterocycles. The number of esters is 1. The van der Waals surface area contributed by atoms with Crippen molar-refractivity contribution >= 4 is 11.7 Å². The van der Waals surface area contributed by atoms with Crippen LogP contribution in [0.25, 0.3) is 0 Å². The minimum absolute atomic E-state index is 0.329. The third-order valence-electron chi connectivity index (χ3n) is 3.60. The Kier molecular flexibility index (Phi) is 6.51. The molecule has 0 bridgehead atoms. The lowest BCUT2D eigenvalue weighted by molar-refractivity contribution is -0.156. The van der Waals surface area contributed by atoms with Crippen molar-refractivity contribution in [2.24, 2.45) is 4.99 Å². The Labute approximate surface area is 156 Å². The maximum atomic E-state index is 12.7. The fourth-order valence-corrected chi connectivity index (χ4v) is 2.55. The van der Waals surface area contributed by atoms with E-state index in [9.17, 15) is 4.79 Å². The molecule has 0 amide bonds. The molecule has 0 aliphatic heterocycles. The minimum atomic E-state index is -0.623. The molecule has 0 fully saturated rings. The first-order valence-corrected chi connectivity index (χ1v) is 8.82. The van der Waals surface area contributed by atoms with E-state index in [2.05, 4.69) is 6.58 Å². The van der Waals surface area contributed by atoms with Crippen molar-refractivity contribution in [1.29, 1.82) is 0 Å². The van der Waals surface area contributed by atoms with Gasteiger partial charge in [-0.15, -0.1) is 6.58 Å². The molecule has 0 radical (unpaired) electrons. The zero-order valence-electron chi connectivity index (χ0n) is 16.0. The first kappa shape index (κ1) is 19.6. The van der Waals surface area contributed by atoms with Crippen molar-refractivity contribution < 1.29 is 9.53 Å². The highest BCUT2D eigenvalue weighted by Gasteiger charge is 2.25. The number of hydrogen-bond acceptors (Lipinski definition) is 3. The van der Waals surface area contributed by atoms with Crippen LogP contribution in [0.4, 0.5) is 0 Å². The van der Waals surface area contributed by atoms with Gasteiger partial charge in [-0.25, -0.2) is 4.79 Å². The van der Waals surface area contributed by atoms with Gasteiger partial charge < -0.3 is 4.74 Å². The van der Waals surface area contributed by atoms with E-state index in [1.54, 1.807) is 0 Å². The molecule has 1 atom stereocenters. The molecule has 0 saturated carbocycles. The lowest BCUT2D eigenvalue weighted by Crippen LogP contribution is -2.32. The summed E-state index contributed by atoms with van der Waals surface area (Å²) in [5, 5.41) is 0. The summed E-state index contributed by atoms with van der Waals surface area (Å²) in [6.07, 6.45) is 0.456. The van der Waals surface area contributed by atoms with E-state index in [1.165, 1.54) is 0 Å². The lowest BCUT2D eigenvalue weighted by atomic mass is 10.0. The average molecular weight is 349 g/mol. The monoisotopic (exact) mass is 349 g/mol. The van der Waals surface area contributed by atoms with Crippen molar-refractivity contribution in [2.45, 2.75) is 45.8 Å². The van der Waals surface area contributed by atoms with Crippen LogP contribution in [0.2, 0.25) is 0 Å². The van der Waals surface area contributed by atoms with Crippen molar-refractivity contribution in [3.05, 3.63) is 83.9 Å². The number of hydrogen-bond donors (Lipinski definition) is 0. The average Bonchev–Trinajstić information content (AvgIpc) is 2.58. The fourth-order valence-electron chi connectivity index (χ4n) is 2.55. The highest BCUT2D eigenvalue weighted by atomic mass is 16.6. The normalized spacial score (nSPS) is 12.2. The van der Waals surface area contributed by atoms with Gasteiger partial charge in [-0.1, -0.05) is 66.2 Å². The summed E-state index contributed by atoms with van der Waals surface area (Å²) in [6.45, 7) is 11.4. The predicted octanol–water partition coefficient (Wildman–Crippen LogP) is 5.20. The lowest BCUT2D eigenvalue weighted by Gasteiger charge is -2.23. The van der Waals surface area contributed by atoms with Crippen LogP contribution in [0.5, 0.6) is 0 Å². The molecule has 2 aromatic carbocycles. The molecule has 2 aromatic rings. The maximum Gasteiger partial charge on any atom is 0.331 e. The Bertz CT molecular complexity index is 729. The van der Waals surface area contributed by atoms with Gasteiger partial charge in [-0.2, -0.15) is 0 Å². The zero-order valence-corrected chi connectivity index (χ0v) is 16.0. The summed E-state index contributed by atoms with van der Waals surface area (Å²) in [6, 6.07) is 19.2. The smallest absolute Gasteiger partial charge is 0.331 e. The van der Waals surface area contributed by atoms with Gasteiger partial charge in [0.2, 0.25) is 0 Å². The number of rotatable bonds is 6. The third-order valence-corrected chi connectivity index (χ3v) is 3.60. The maximum absolute atomic E-state index is 12.7. The molecule has 0 aliphatic rings. The second kappa shape index (κ2) is 8.61. The number of benzene rings is 2. The van der Waals surface area contributed by atoms with E-state index in [4.69, 9.17) is 9.73 Å². The summed E-state index contributed by atoms with van der Waals surface area (Å²) in [7, 11) is 0. The summed E-state index contributed by atoms with van der Waals surface area (Å²) in [4.78, 5) is 17.5. The van der Waals surface area contributed by atoms with Crippen molar-refractivity contribution in [1.82, 2.24) is 0 Å². The summed E-state index contributed by atoms with van der Waals surface area (Å²) < 4.78 is 5.59. The van der Waals surface area contributed by atoms with E-state index in [0.29, 0.717) is 6.42 Å². The van der Waals surface area contributed by atoms with Gasteiger partial charge in [-0.3, -0.25) is 4.99 Å². The first-order valence-electron chi connectivity index (χ1n) is 8.82. The second-order valence-corrected chi connectivity index (χ2v) is 7.42. The molecule has 0 spiro atoms. The van der Waals surface area contributed by atoms with Gasteiger partial charge in [0.1, 0.15) is 5.60 Å². The predicted molar refractivity (Wildman–Crippen MR) is 108 cm³/mol. The molecule has 3 heteroatoms. The van der Waals surface area contributed by atoms with Gasteiger partial charge in [0.15, 0.2) is 6.04 Å². The standard InChI is InChI=1S/C23H27NO2/c1-17(2)16-20(22(25)26-23(3,4)5)24-21(18-12-8-6-9-13-18)19-14-10-7-11-15-19/h6-15,20H,1,16H2,2-5H3/t20-/m1/s1. The molecule has 0 heterocycles. The van der Waals surface area contributed by atoms with Crippen LogP contribution in [0.15, 0.2) is 77.8 Å². The summed E-state index contributed by atoms with van der Waals surface area (Å²) >= 11 is 0. The number of carbonyl (C=O) groups is 1. The number of carbonyl (C=O) groups excluding carboxylic acids is 1. The van der Waals surface area contributed by atoms with Gasteiger partial charge in [-0.05, 0) is 27.7 Å². The van der Waals surface area contributed by atoms with E-state index < -0.39 is 11.6 Å². The van der Waals surface area contributed by atoms with Crippen molar-refractivity contribution in [2.75, 3.05) is 0 Å². The van der Waals surface area contributed by atoms with E-state index in [0.717, 1.165) is 22.4 Å². The van der Waals surface area contributed by atoms with Crippen LogP contribution < -0.4 is 0 Å². The van der Waals surface area contributed by atoms with Crippen LogP contribution in [0.1, 0.15) is 45.2 Å². The van der Waals surface area contributed by atoms with Gasteiger partial charge in [0, 0.05) is 17.5 Å². The Hall–Kier alpha value is -2.68. The van der Waals surface area contributed by atoms with Gasteiger partial charge >= 0.3 is 5.97 Å². The molecule has 26 heavy (non-hydrogen) atoms. The molecule has 0 N–H and O–H groups in total.